The van der Waals surface area contributed by atoms with Gasteiger partial charge in [0.15, 0.2) is 6.54 Å². The Morgan fingerprint density at radius 1 is 1.20 bits per heavy atom. The minimum atomic E-state index is 0.116. The number of fused-ring (bicyclic) bond motifs is 3. The molecule has 3 aliphatic heterocycles. The highest BCUT2D eigenvalue weighted by atomic mass is 16.5. The summed E-state index contributed by atoms with van der Waals surface area (Å²) in [7, 11) is 1.64. The second-order valence-corrected chi connectivity index (χ2v) is 5.79. The maximum atomic E-state index is 12.2. The number of quaternary nitrogens is 1. The van der Waals surface area contributed by atoms with Crippen molar-refractivity contribution in [2.24, 2.45) is 0 Å². The summed E-state index contributed by atoms with van der Waals surface area (Å²) in [5, 5.41) is 2.99. The minimum Gasteiger partial charge on any atom is -0.497 e. The first-order valence-corrected chi connectivity index (χ1v) is 7.21. The summed E-state index contributed by atoms with van der Waals surface area (Å²) in [5.74, 6) is 0.919. The van der Waals surface area contributed by atoms with Crippen LogP contribution in [-0.2, 0) is 4.79 Å². The van der Waals surface area contributed by atoms with Crippen LogP contribution in [0.3, 0.4) is 0 Å². The van der Waals surface area contributed by atoms with Crippen molar-refractivity contribution in [3.8, 4) is 5.75 Å². The molecule has 3 aliphatic rings. The smallest absolute Gasteiger partial charge is 0.279 e. The highest BCUT2D eigenvalue weighted by molar-refractivity contribution is 5.91. The number of benzene rings is 1. The molecule has 5 nitrogen and oxygen atoms in total. The first-order valence-electron chi connectivity index (χ1n) is 7.21. The Hall–Kier alpha value is -1.59. The first-order chi connectivity index (χ1) is 9.69. The normalized spacial score (nSPS) is 28.1. The van der Waals surface area contributed by atoms with Crippen LogP contribution in [0.1, 0.15) is 0 Å². The molecule has 0 aromatic heterocycles. The third kappa shape index (κ3) is 2.78. The Morgan fingerprint density at radius 3 is 2.35 bits per heavy atom. The third-order valence-electron chi connectivity index (χ3n) is 4.52. The highest BCUT2D eigenvalue weighted by Gasteiger charge is 2.39. The van der Waals surface area contributed by atoms with Gasteiger partial charge < -0.3 is 14.5 Å². The average molecular weight is 276 g/mol. The molecule has 20 heavy (non-hydrogen) atoms. The molecule has 0 spiro atoms. The van der Waals surface area contributed by atoms with Gasteiger partial charge >= 0.3 is 0 Å². The third-order valence-corrected chi connectivity index (χ3v) is 4.52. The van der Waals surface area contributed by atoms with Crippen LogP contribution in [0.15, 0.2) is 24.3 Å². The Balaban J connectivity index is 1.58. The van der Waals surface area contributed by atoms with Crippen molar-refractivity contribution in [2.45, 2.75) is 0 Å². The molecule has 0 radical (unpaired) electrons. The quantitative estimate of drug-likeness (QED) is 0.826. The first kappa shape index (κ1) is 13.4. The van der Waals surface area contributed by atoms with E-state index < -0.39 is 0 Å². The Labute approximate surface area is 119 Å². The van der Waals surface area contributed by atoms with Crippen molar-refractivity contribution >= 4 is 11.6 Å². The lowest BCUT2D eigenvalue weighted by atomic mass is 10.1. The van der Waals surface area contributed by atoms with Crippen LogP contribution in [0, 0.1) is 0 Å². The molecule has 0 aliphatic carbocycles. The van der Waals surface area contributed by atoms with Crippen molar-refractivity contribution < 1.29 is 14.0 Å². The predicted molar refractivity (Wildman–Crippen MR) is 77.8 cm³/mol. The van der Waals surface area contributed by atoms with E-state index in [1.54, 1.807) is 7.11 Å². The van der Waals surface area contributed by atoms with E-state index in [0.29, 0.717) is 6.54 Å². The zero-order valence-electron chi connectivity index (χ0n) is 12.0. The van der Waals surface area contributed by atoms with Gasteiger partial charge in [0.1, 0.15) is 5.75 Å². The molecular weight excluding hydrogens is 254 g/mol. The number of carbonyl (C=O) groups excluding carboxylic acids is 1. The number of carbonyl (C=O) groups is 1. The highest BCUT2D eigenvalue weighted by Crippen LogP contribution is 2.20. The van der Waals surface area contributed by atoms with E-state index in [-0.39, 0.29) is 5.91 Å². The molecule has 3 fully saturated rings. The van der Waals surface area contributed by atoms with Crippen LogP contribution in [-0.4, -0.2) is 68.2 Å². The number of hydrogen-bond donors (Lipinski definition) is 1. The largest absolute Gasteiger partial charge is 0.497 e. The van der Waals surface area contributed by atoms with Gasteiger partial charge in [0.05, 0.1) is 26.7 Å². The number of nitrogens with one attached hydrogen (secondary N) is 1. The second kappa shape index (κ2) is 5.42. The molecule has 0 saturated carbocycles. The maximum absolute atomic E-state index is 12.2. The van der Waals surface area contributed by atoms with E-state index in [9.17, 15) is 4.79 Å². The Bertz CT molecular complexity index is 465. The lowest BCUT2D eigenvalue weighted by Crippen LogP contribution is -2.68. The fourth-order valence-electron chi connectivity index (χ4n) is 3.15. The molecule has 2 bridgehead atoms. The van der Waals surface area contributed by atoms with Gasteiger partial charge in [-0.2, -0.15) is 0 Å². The Kier molecular flexibility index (Phi) is 3.63. The summed E-state index contributed by atoms with van der Waals surface area (Å²) in [6.07, 6.45) is 0. The van der Waals surface area contributed by atoms with Gasteiger partial charge in [-0.1, -0.05) is 0 Å². The predicted octanol–water partition coefficient (Wildman–Crippen LogP) is 0.780. The van der Waals surface area contributed by atoms with Crippen LogP contribution in [0.25, 0.3) is 0 Å². The van der Waals surface area contributed by atoms with Gasteiger partial charge in [-0.3, -0.25) is 9.69 Å². The molecule has 1 N–H and O–H groups in total. The molecule has 0 atom stereocenters. The minimum absolute atomic E-state index is 0.116. The number of ether oxygens (including phenoxy) is 1. The maximum Gasteiger partial charge on any atom is 0.279 e. The zero-order chi connectivity index (χ0) is 14.0. The molecule has 0 unspecified atom stereocenters. The van der Waals surface area contributed by atoms with Gasteiger partial charge in [0.25, 0.3) is 5.91 Å². The van der Waals surface area contributed by atoms with Crippen LogP contribution in [0.2, 0.25) is 0 Å². The summed E-state index contributed by atoms with van der Waals surface area (Å²) in [4.78, 5) is 14.7. The Morgan fingerprint density at radius 2 is 1.80 bits per heavy atom. The van der Waals surface area contributed by atoms with Crippen LogP contribution in [0.5, 0.6) is 5.75 Å². The molecule has 1 aromatic rings. The van der Waals surface area contributed by atoms with Crippen molar-refractivity contribution in [1.82, 2.24) is 4.90 Å². The van der Waals surface area contributed by atoms with Gasteiger partial charge in [0, 0.05) is 25.3 Å². The fourth-order valence-corrected chi connectivity index (χ4v) is 3.15. The van der Waals surface area contributed by atoms with Crippen LogP contribution >= 0.6 is 0 Å². The molecule has 1 aromatic carbocycles. The molecule has 5 heteroatoms. The second-order valence-electron chi connectivity index (χ2n) is 5.79. The summed E-state index contributed by atoms with van der Waals surface area (Å²) in [6, 6.07) is 7.49. The van der Waals surface area contributed by atoms with Gasteiger partial charge in [-0.25, -0.2) is 0 Å². The molecule has 1 amide bonds. The SMILES string of the molecule is COc1ccc(NC(=O)C[N+]23CCN(CC2)CC3)cc1. The summed E-state index contributed by atoms with van der Waals surface area (Å²) in [5.41, 5.74) is 0.838. The number of anilines is 1. The number of rotatable bonds is 4. The summed E-state index contributed by atoms with van der Waals surface area (Å²) >= 11 is 0. The van der Waals surface area contributed by atoms with Crippen molar-refractivity contribution in [3.05, 3.63) is 24.3 Å². The van der Waals surface area contributed by atoms with E-state index in [4.69, 9.17) is 4.74 Å². The van der Waals surface area contributed by atoms with Crippen LogP contribution < -0.4 is 10.1 Å². The number of amides is 1. The van der Waals surface area contributed by atoms with E-state index in [1.165, 1.54) is 0 Å². The standard InChI is InChI=1S/C15H21N3O2/c1-20-14-4-2-13(3-5-14)16-15(19)12-18-9-6-17(7-10-18)8-11-18/h2-5H,6-12H2,1H3/p+1. The monoisotopic (exact) mass is 276 g/mol. The van der Waals surface area contributed by atoms with E-state index in [2.05, 4.69) is 10.2 Å². The summed E-state index contributed by atoms with van der Waals surface area (Å²) in [6.45, 7) is 7.32. The van der Waals surface area contributed by atoms with Gasteiger partial charge in [-0.05, 0) is 24.3 Å². The van der Waals surface area contributed by atoms with Crippen LogP contribution in [0.4, 0.5) is 5.69 Å². The summed E-state index contributed by atoms with van der Waals surface area (Å²) < 4.78 is 6.07. The van der Waals surface area contributed by atoms with E-state index in [0.717, 1.165) is 55.2 Å². The van der Waals surface area contributed by atoms with Gasteiger partial charge in [0.2, 0.25) is 0 Å². The van der Waals surface area contributed by atoms with Crippen molar-refractivity contribution in [1.29, 1.82) is 0 Å². The molecule has 3 heterocycles. The molecular formula is C15H22N3O2+. The van der Waals surface area contributed by atoms with E-state index in [1.807, 2.05) is 24.3 Å². The molecule has 4 rings (SSSR count). The number of hydrogen-bond acceptors (Lipinski definition) is 3. The topological polar surface area (TPSA) is 41.6 Å². The lowest BCUT2D eigenvalue weighted by Gasteiger charge is -2.50. The van der Waals surface area contributed by atoms with Crippen molar-refractivity contribution in [3.63, 3.8) is 0 Å². The van der Waals surface area contributed by atoms with Crippen molar-refractivity contribution in [2.75, 3.05) is 58.2 Å². The number of piperazine rings is 3. The molecule has 108 valence electrons. The molecule has 3 saturated heterocycles. The fraction of sp³-hybridized carbons (Fsp3) is 0.533. The van der Waals surface area contributed by atoms with E-state index >= 15 is 0 Å². The average Bonchev–Trinajstić information content (AvgIpc) is 2.49. The number of methoxy groups -OCH3 is 1. The zero-order valence-corrected chi connectivity index (χ0v) is 12.0. The van der Waals surface area contributed by atoms with Gasteiger partial charge in [-0.15, -0.1) is 0 Å². The lowest BCUT2D eigenvalue weighted by molar-refractivity contribution is -0.933. The number of nitrogens with zero attached hydrogens (tertiary/aromatic N) is 2.